The molecule has 0 aromatic rings. The van der Waals surface area contributed by atoms with Gasteiger partial charge < -0.3 is 20.5 Å². The molecule has 3 N–H and O–H groups in total. The molecular formula is C8H14N2O3. The van der Waals surface area contributed by atoms with E-state index in [0.717, 1.165) is 6.42 Å². The van der Waals surface area contributed by atoms with Crippen molar-refractivity contribution in [2.45, 2.75) is 6.42 Å². The molecule has 0 atom stereocenters. The quantitative estimate of drug-likeness (QED) is 0.572. The van der Waals surface area contributed by atoms with E-state index in [2.05, 4.69) is 5.32 Å². The minimum Gasteiger partial charge on any atom is -0.494 e. The summed E-state index contributed by atoms with van der Waals surface area (Å²) in [6, 6.07) is 0. The smallest absolute Gasteiger partial charge is 0.289 e. The van der Waals surface area contributed by atoms with E-state index in [1.165, 1.54) is 6.26 Å². The van der Waals surface area contributed by atoms with Crippen molar-refractivity contribution in [2.24, 2.45) is 5.73 Å². The number of hydrogen-bond donors (Lipinski definition) is 2. The molecule has 1 heterocycles. The summed E-state index contributed by atoms with van der Waals surface area (Å²) in [6.07, 6.45) is 2.10. The zero-order chi connectivity index (χ0) is 9.52. The van der Waals surface area contributed by atoms with E-state index in [-0.39, 0.29) is 11.7 Å². The number of rotatable bonds is 4. The Kier molecular flexibility index (Phi) is 4.11. The van der Waals surface area contributed by atoms with Crippen LogP contribution in [-0.2, 0) is 14.3 Å². The predicted molar refractivity (Wildman–Crippen MR) is 46.7 cm³/mol. The second-order valence-corrected chi connectivity index (χ2v) is 2.60. The molecule has 0 saturated carbocycles. The van der Waals surface area contributed by atoms with Crippen LogP contribution < -0.4 is 11.1 Å². The first-order valence-electron chi connectivity index (χ1n) is 4.27. The van der Waals surface area contributed by atoms with Crippen LogP contribution in [0.3, 0.4) is 0 Å². The average Bonchev–Trinajstić information content (AvgIpc) is 2.19. The van der Waals surface area contributed by atoms with E-state index >= 15 is 0 Å². The Labute approximate surface area is 76.9 Å². The Morgan fingerprint density at radius 2 is 2.46 bits per heavy atom. The Morgan fingerprint density at radius 1 is 1.62 bits per heavy atom. The Bertz CT molecular complexity index is 204. The number of carbonyl (C=O) groups excluding carboxylic acids is 1. The van der Waals surface area contributed by atoms with Gasteiger partial charge in [-0.05, 0) is 13.0 Å². The van der Waals surface area contributed by atoms with Crippen LogP contribution in [0.25, 0.3) is 0 Å². The SMILES string of the molecule is NCCCNC(=O)C1=COCCO1. The van der Waals surface area contributed by atoms with Gasteiger partial charge in [0.15, 0.2) is 0 Å². The second-order valence-electron chi connectivity index (χ2n) is 2.60. The number of nitrogens with two attached hydrogens (primary N) is 1. The lowest BCUT2D eigenvalue weighted by Gasteiger charge is -2.14. The minimum absolute atomic E-state index is 0.239. The first kappa shape index (κ1) is 9.85. The van der Waals surface area contributed by atoms with Crippen LogP contribution in [0.2, 0.25) is 0 Å². The number of hydrogen-bond acceptors (Lipinski definition) is 4. The summed E-state index contributed by atoms with van der Waals surface area (Å²) in [5.74, 6) is -0.00331. The van der Waals surface area contributed by atoms with Crippen molar-refractivity contribution < 1.29 is 14.3 Å². The van der Waals surface area contributed by atoms with Crippen LogP contribution in [0.5, 0.6) is 0 Å². The van der Waals surface area contributed by atoms with E-state index in [1.54, 1.807) is 0 Å². The van der Waals surface area contributed by atoms with Crippen LogP contribution >= 0.6 is 0 Å². The number of amides is 1. The summed E-state index contributed by atoms with van der Waals surface area (Å²) in [4.78, 5) is 11.2. The highest BCUT2D eigenvalue weighted by atomic mass is 16.6. The van der Waals surface area contributed by atoms with Crippen LogP contribution in [0.15, 0.2) is 12.0 Å². The molecule has 1 aliphatic heterocycles. The molecule has 0 bridgehead atoms. The monoisotopic (exact) mass is 186 g/mol. The number of ether oxygens (including phenoxy) is 2. The maximum atomic E-state index is 11.2. The highest BCUT2D eigenvalue weighted by Crippen LogP contribution is 2.03. The van der Waals surface area contributed by atoms with Gasteiger partial charge in [0.1, 0.15) is 19.5 Å². The van der Waals surface area contributed by atoms with Gasteiger partial charge in [-0.3, -0.25) is 4.79 Å². The Morgan fingerprint density at radius 3 is 3.08 bits per heavy atom. The standard InChI is InChI=1S/C8H14N2O3/c9-2-1-3-10-8(11)7-6-12-4-5-13-7/h6H,1-5,9H2,(H,10,11). The predicted octanol–water partition coefficient (Wildman–Crippen LogP) is -0.660. The van der Waals surface area contributed by atoms with Gasteiger partial charge in [-0.15, -0.1) is 0 Å². The van der Waals surface area contributed by atoms with Crippen LogP contribution in [0.1, 0.15) is 6.42 Å². The van der Waals surface area contributed by atoms with Gasteiger partial charge in [0.05, 0.1) is 0 Å². The fraction of sp³-hybridized carbons (Fsp3) is 0.625. The van der Waals surface area contributed by atoms with Crippen LogP contribution in [-0.4, -0.2) is 32.2 Å². The average molecular weight is 186 g/mol. The van der Waals surface area contributed by atoms with Crippen LogP contribution in [0.4, 0.5) is 0 Å². The van der Waals surface area contributed by atoms with E-state index in [9.17, 15) is 4.79 Å². The molecule has 0 aromatic carbocycles. The van der Waals surface area contributed by atoms with Crippen molar-refractivity contribution in [1.29, 1.82) is 0 Å². The highest BCUT2D eigenvalue weighted by Gasteiger charge is 2.13. The fourth-order valence-electron chi connectivity index (χ4n) is 0.879. The molecule has 0 aromatic heterocycles. The molecule has 1 rings (SSSR count). The number of carbonyl (C=O) groups is 1. The third kappa shape index (κ3) is 3.33. The fourth-order valence-corrected chi connectivity index (χ4v) is 0.879. The van der Waals surface area contributed by atoms with Gasteiger partial charge in [0, 0.05) is 6.54 Å². The minimum atomic E-state index is -0.242. The summed E-state index contributed by atoms with van der Waals surface area (Å²) in [7, 11) is 0. The van der Waals surface area contributed by atoms with E-state index in [1.807, 2.05) is 0 Å². The van der Waals surface area contributed by atoms with Crippen molar-refractivity contribution in [3.05, 3.63) is 12.0 Å². The maximum absolute atomic E-state index is 11.2. The first-order chi connectivity index (χ1) is 6.34. The maximum Gasteiger partial charge on any atom is 0.289 e. The largest absolute Gasteiger partial charge is 0.494 e. The summed E-state index contributed by atoms with van der Waals surface area (Å²) < 4.78 is 10.0. The summed E-state index contributed by atoms with van der Waals surface area (Å²) >= 11 is 0. The molecule has 74 valence electrons. The lowest BCUT2D eigenvalue weighted by Crippen LogP contribution is -2.30. The molecule has 13 heavy (non-hydrogen) atoms. The summed E-state index contributed by atoms with van der Waals surface area (Å²) in [5.41, 5.74) is 5.27. The Hall–Kier alpha value is -1.23. The molecule has 0 radical (unpaired) electrons. The molecule has 0 unspecified atom stereocenters. The van der Waals surface area contributed by atoms with E-state index in [0.29, 0.717) is 26.3 Å². The normalized spacial score (nSPS) is 15.3. The lowest BCUT2D eigenvalue weighted by molar-refractivity contribution is -0.122. The van der Waals surface area contributed by atoms with Gasteiger partial charge >= 0.3 is 0 Å². The van der Waals surface area contributed by atoms with Crippen molar-refractivity contribution in [1.82, 2.24) is 5.32 Å². The first-order valence-corrected chi connectivity index (χ1v) is 4.27. The van der Waals surface area contributed by atoms with Crippen molar-refractivity contribution in [3.8, 4) is 0 Å². The van der Waals surface area contributed by atoms with Crippen molar-refractivity contribution in [2.75, 3.05) is 26.3 Å². The molecule has 0 aliphatic carbocycles. The third-order valence-electron chi connectivity index (χ3n) is 1.54. The highest BCUT2D eigenvalue weighted by molar-refractivity contribution is 5.91. The van der Waals surface area contributed by atoms with Gasteiger partial charge in [-0.1, -0.05) is 0 Å². The Balaban J connectivity index is 2.25. The third-order valence-corrected chi connectivity index (χ3v) is 1.54. The zero-order valence-corrected chi connectivity index (χ0v) is 7.41. The van der Waals surface area contributed by atoms with E-state index < -0.39 is 0 Å². The molecule has 5 nitrogen and oxygen atoms in total. The molecule has 0 spiro atoms. The summed E-state index contributed by atoms with van der Waals surface area (Å²) in [6.45, 7) is 2.06. The molecule has 0 saturated heterocycles. The van der Waals surface area contributed by atoms with E-state index in [4.69, 9.17) is 15.2 Å². The second kappa shape index (κ2) is 5.42. The zero-order valence-electron chi connectivity index (χ0n) is 7.41. The molecular weight excluding hydrogens is 172 g/mol. The van der Waals surface area contributed by atoms with Gasteiger partial charge in [-0.25, -0.2) is 0 Å². The molecule has 0 fully saturated rings. The summed E-state index contributed by atoms with van der Waals surface area (Å²) in [5, 5.41) is 2.66. The van der Waals surface area contributed by atoms with Crippen LogP contribution in [0, 0.1) is 0 Å². The van der Waals surface area contributed by atoms with Crippen molar-refractivity contribution in [3.63, 3.8) is 0 Å². The molecule has 1 amide bonds. The topological polar surface area (TPSA) is 73.6 Å². The van der Waals surface area contributed by atoms with Gasteiger partial charge in [0.25, 0.3) is 5.91 Å². The van der Waals surface area contributed by atoms with Crippen molar-refractivity contribution >= 4 is 5.91 Å². The number of nitrogens with one attached hydrogen (secondary N) is 1. The lowest BCUT2D eigenvalue weighted by atomic mass is 10.4. The van der Waals surface area contributed by atoms with Gasteiger partial charge in [0.2, 0.25) is 5.76 Å². The van der Waals surface area contributed by atoms with Gasteiger partial charge in [-0.2, -0.15) is 0 Å². The molecule has 1 aliphatic rings. The molecule has 5 heteroatoms.